The van der Waals surface area contributed by atoms with E-state index in [0.29, 0.717) is 11.8 Å². The first-order valence-electron chi connectivity index (χ1n) is 18.1. The van der Waals surface area contributed by atoms with Gasteiger partial charge in [-0.3, -0.25) is 9.59 Å². The molecule has 4 nitrogen and oxygen atoms in total. The molecule has 0 fully saturated rings. The largest absolute Gasteiger partial charge is 0.307 e. The minimum absolute atomic E-state index is 0.0904. The second-order valence-electron chi connectivity index (χ2n) is 13.5. The van der Waals surface area contributed by atoms with Gasteiger partial charge in [0.25, 0.3) is 0 Å². The van der Waals surface area contributed by atoms with E-state index in [0.717, 1.165) is 37.1 Å². The number of ketones is 2. The van der Waals surface area contributed by atoms with E-state index in [4.69, 9.17) is 0 Å². The van der Waals surface area contributed by atoms with Crippen molar-refractivity contribution in [2.45, 2.75) is 143 Å². The van der Waals surface area contributed by atoms with Crippen LogP contribution in [-0.2, 0) is 0 Å². The highest BCUT2D eigenvalue weighted by Gasteiger charge is 2.23. The number of hydrogen-bond acceptors (Lipinski definition) is 4. The molecule has 2 unspecified atom stereocenters. The van der Waals surface area contributed by atoms with Gasteiger partial charge in [-0.15, -0.1) is 0 Å². The summed E-state index contributed by atoms with van der Waals surface area (Å²) in [6, 6.07) is 19.2. The summed E-state index contributed by atoms with van der Waals surface area (Å²) >= 11 is 0. The van der Waals surface area contributed by atoms with Gasteiger partial charge >= 0.3 is 0 Å². The fraction of sp³-hybridized carbons (Fsp3) is 0.650. The summed E-state index contributed by atoms with van der Waals surface area (Å²) in [4.78, 5) is 25.6. The number of benzene rings is 2. The Balaban J connectivity index is 1.34. The lowest BCUT2D eigenvalue weighted by molar-refractivity contribution is 0.0909. The molecule has 0 aliphatic carbocycles. The van der Waals surface area contributed by atoms with E-state index in [-0.39, 0.29) is 23.7 Å². The number of hydrogen-bond donors (Lipinski definition) is 2. The van der Waals surface area contributed by atoms with E-state index < -0.39 is 0 Å². The van der Waals surface area contributed by atoms with E-state index in [1.807, 2.05) is 60.7 Å². The molecule has 0 aliphatic rings. The molecule has 4 heteroatoms. The SMILES string of the molecule is CC(C)C(NCCCCCCCCCCCCCCCCCCNC(C(=O)c1ccccc1)C(C)C)C(=O)c1ccccc1. The number of carbonyl (C=O) groups is 2. The molecular weight excluding hydrogens is 540 g/mol. The van der Waals surface area contributed by atoms with Gasteiger partial charge in [0.05, 0.1) is 12.1 Å². The van der Waals surface area contributed by atoms with Crippen molar-refractivity contribution in [3.63, 3.8) is 0 Å². The first-order valence-corrected chi connectivity index (χ1v) is 18.1. The van der Waals surface area contributed by atoms with Crippen LogP contribution < -0.4 is 10.6 Å². The molecule has 2 rings (SSSR count). The lowest BCUT2D eigenvalue weighted by Gasteiger charge is -2.21. The van der Waals surface area contributed by atoms with Gasteiger partial charge in [0, 0.05) is 11.1 Å². The smallest absolute Gasteiger partial charge is 0.179 e. The van der Waals surface area contributed by atoms with Gasteiger partial charge in [0.15, 0.2) is 11.6 Å². The molecule has 2 aromatic rings. The van der Waals surface area contributed by atoms with Crippen molar-refractivity contribution in [1.29, 1.82) is 0 Å². The first-order chi connectivity index (χ1) is 21.4. The van der Waals surface area contributed by atoms with Gasteiger partial charge < -0.3 is 10.6 Å². The highest BCUT2D eigenvalue weighted by Crippen LogP contribution is 2.15. The summed E-state index contributed by atoms with van der Waals surface area (Å²) in [6.07, 6.45) is 21.1. The zero-order valence-electron chi connectivity index (χ0n) is 28.6. The Bertz CT molecular complexity index is 907. The second-order valence-corrected chi connectivity index (χ2v) is 13.5. The van der Waals surface area contributed by atoms with Crippen LogP contribution in [0.2, 0.25) is 0 Å². The third-order valence-electron chi connectivity index (χ3n) is 8.85. The predicted octanol–water partition coefficient (Wildman–Crippen LogP) is 10.2. The van der Waals surface area contributed by atoms with Crippen LogP contribution in [0, 0.1) is 11.8 Å². The molecule has 0 heterocycles. The summed E-state index contributed by atoms with van der Waals surface area (Å²) in [6.45, 7) is 10.4. The van der Waals surface area contributed by atoms with Crippen molar-refractivity contribution in [2.75, 3.05) is 13.1 Å². The highest BCUT2D eigenvalue weighted by atomic mass is 16.1. The summed E-state index contributed by atoms with van der Waals surface area (Å²) in [5.41, 5.74) is 1.62. The molecule has 246 valence electrons. The summed E-state index contributed by atoms with van der Waals surface area (Å²) in [5, 5.41) is 7.05. The first kappa shape index (κ1) is 37.9. The summed E-state index contributed by atoms with van der Waals surface area (Å²) < 4.78 is 0. The maximum atomic E-state index is 12.8. The van der Waals surface area contributed by atoms with Crippen LogP contribution in [0.1, 0.15) is 151 Å². The number of nitrogens with one attached hydrogen (secondary N) is 2. The third kappa shape index (κ3) is 16.1. The lowest BCUT2D eigenvalue weighted by atomic mass is 9.95. The van der Waals surface area contributed by atoms with E-state index in [9.17, 15) is 9.59 Å². The van der Waals surface area contributed by atoms with Crippen molar-refractivity contribution < 1.29 is 9.59 Å². The topological polar surface area (TPSA) is 58.2 Å². The zero-order valence-corrected chi connectivity index (χ0v) is 28.6. The number of rotatable bonds is 27. The fourth-order valence-corrected chi connectivity index (χ4v) is 6.07. The van der Waals surface area contributed by atoms with E-state index >= 15 is 0 Å². The van der Waals surface area contributed by atoms with Crippen LogP contribution in [0.15, 0.2) is 60.7 Å². The molecule has 0 aliphatic heterocycles. The molecule has 0 radical (unpaired) electrons. The normalized spacial score (nSPS) is 13.0. The Kier molecular flexibility index (Phi) is 20.7. The third-order valence-corrected chi connectivity index (χ3v) is 8.85. The molecule has 2 aromatic carbocycles. The zero-order chi connectivity index (χ0) is 31.8. The van der Waals surface area contributed by atoms with Crippen molar-refractivity contribution in [1.82, 2.24) is 10.6 Å². The van der Waals surface area contributed by atoms with Crippen LogP contribution in [0.4, 0.5) is 0 Å². The Morgan fingerprint density at radius 2 is 0.682 bits per heavy atom. The number of carbonyl (C=O) groups excluding carboxylic acids is 2. The van der Waals surface area contributed by atoms with Crippen molar-refractivity contribution in [2.24, 2.45) is 11.8 Å². The fourth-order valence-electron chi connectivity index (χ4n) is 6.07. The molecule has 0 saturated heterocycles. The second kappa shape index (κ2) is 24.0. The monoisotopic (exact) mass is 604 g/mol. The molecule has 0 aromatic heterocycles. The Hall–Kier alpha value is -2.30. The molecule has 0 spiro atoms. The molecule has 0 saturated carbocycles. The highest BCUT2D eigenvalue weighted by molar-refractivity contribution is 6.00. The Morgan fingerprint density at radius 3 is 0.932 bits per heavy atom. The van der Waals surface area contributed by atoms with E-state index in [1.165, 1.54) is 89.9 Å². The van der Waals surface area contributed by atoms with Gasteiger partial charge in [0.1, 0.15) is 0 Å². The van der Waals surface area contributed by atoms with Crippen molar-refractivity contribution in [3.05, 3.63) is 71.8 Å². The Morgan fingerprint density at radius 1 is 0.432 bits per heavy atom. The molecule has 2 N–H and O–H groups in total. The van der Waals surface area contributed by atoms with Gasteiger partial charge in [-0.1, -0.05) is 178 Å². The minimum Gasteiger partial charge on any atom is -0.307 e. The van der Waals surface area contributed by atoms with Gasteiger partial charge in [0.2, 0.25) is 0 Å². The molecule has 0 bridgehead atoms. The van der Waals surface area contributed by atoms with Gasteiger partial charge in [-0.25, -0.2) is 0 Å². The quantitative estimate of drug-likeness (QED) is 0.0787. The van der Waals surface area contributed by atoms with Crippen molar-refractivity contribution in [3.8, 4) is 0 Å². The average Bonchev–Trinajstić information content (AvgIpc) is 3.03. The number of unbranched alkanes of at least 4 members (excludes halogenated alkanes) is 15. The Labute approximate surface area is 270 Å². The lowest BCUT2D eigenvalue weighted by Crippen LogP contribution is -2.41. The van der Waals surface area contributed by atoms with E-state index in [2.05, 4.69) is 38.3 Å². The molecule has 0 amide bonds. The van der Waals surface area contributed by atoms with Crippen LogP contribution in [0.3, 0.4) is 0 Å². The van der Waals surface area contributed by atoms with Crippen LogP contribution in [-0.4, -0.2) is 36.7 Å². The molecular formula is C40H64N2O2. The van der Waals surface area contributed by atoms with Crippen LogP contribution >= 0.6 is 0 Å². The molecule has 2 atom stereocenters. The minimum atomic E-state index is -0.0904. The average molecular weight is 605 g/mol. The maximum Gasteiger partial charge on any atom is 0.179 e. The van der Waals surface area contributed by atoms with E-state index in [1.54, 1.807) is 0 Å². The van der Waals surface area contributed by atoms with Gasteiger partial charge in [-0.05, 0) is 37.8 Å². The molecule has 44 heavy (non-hydrogen) atoms. The predicted molar refractivity (Wildman–Crippen MR) is 189 cm³/mol. The maximum absolute atomic E-state index is 12.8. The van der Waals surface area contributed by atoms with Crippen LogP contribution in [0.25, 0.3) is 0 Å². The number of Topliss-reactive ketones (excluding diaryl/α,β-unsaturated/α-hetero) is 2. The standard InChI is InChI=1S/C40H64N2O2/c1-33(2)37(39(43)35-27-21-19-22-28-35)41-31-25-17-15-13-11-9-7-5-6-8-10-12-14-16-18-26-32-42-38(34(3)4)40(44)36-29-23-20-24-30-36/h19-24,27-30,33-34,37-38,41-42H,5-18,25-26,31-32H2,1-4H3. The summed E-state index contributed by atoms with van der Waals surface area (Å²) in [5.74, 6) is 1.03. The summed E-state index contributed by atoms with van der Waals surface area (Å²) in [7, 11) is 0. The van der Waals surface area contributed by atoms with Gasteiger partial charge in [-0.2, -0.15) is 0 Å². The van der Waals surface area contributed by atoms with Crippen molar-refractivity contribution >= 4 is 11.6 Å². The van der Waals surface area contributed by atoms with Crippen LogP contribution in [0.5, 0.6) is 0 Å².